The second kappa shape index (κ2) is 10.0. The van der Waals surface area contributed by atoms with E-state index in [0.717, 1.165) is 35.9 Å². The molecular formula is C23H21ClN4O2S. The van der Waals surface area contributed by atoms with Crippen molar-refractivity contribution in [2.24, 2.45) is 0 Å². The molecule has 1 amide bonds. The maximum Gasteiger partial charge on any atom is 0.234 e. The molecule has 0 radical (unpaired) electrons. The fraction of sp³-hybridized carbons (Fsp3) is 0.261. The molecule has 31 heavy (non-hydrogen) atoms. The summed E-state index contributed by atoms with van der Waals surface area (Å²) in [6.45, 7) is 1.50. The number of hydrogen-bond donors (Lipinski definition) is 1. The largest absolute Gasteiger partial charge is 0.376 e. The number of carbonyl (C=O) groups is 1. The lowest BCUT2D eigenvalue weighted by Gasteiger charge is -2.16. The van der Waals surface area contributed by atoms with E-state index in [1.807, 2.05) is 30.5 Å². The molecule has 1 aliphatic rings. The summed E-state index contributed by atoms with van der Waals surface area (Å²) in [5.41, 5.74) is 3.02. The van der Waals surface area contributed by atoms with Crippen LogP contribution in [0.5, 0.6) is 0 Å². The summed E-state index contributed by atoms with van der Waals surface area (Å²) in [6.07, 6.45) is 4.10. The lowest BCUT2D eigenvalue weighted by molar-refractivity contribution is -0.113. The van der Waals surface area contributed by atoms with Crippen molar-refractivity contribution < 1.29 is 9.53 Å². The molecule has 6 nitrogen and oxygen atoms in total. The number of nitrogens with zero attached hydrogens (tertiary/aromatic N) is 3. The minimum absolute atomic E-state index is 0.158. The molecule has 2 heterocycles. The predicted molar refractivity (Wildman–Crippen MR) is 122 cm³/mol. The summed E-state index contributed by atoms with van der Waals surface area (Å²) >= 11 is 7.43. The summed E-state index contributed by atoms with van der Waals surface area (Å²) < 4.78 is 7.97. The molecule has 1 saturated heterocycles. The number of carbonyl (C=O) groups excluding carboxylic acids is 1. The lowest BCUT2D eigenvalue weighted by atomic mass is 10.1. The van der Waals surface area contributed by atoms with E-state index in [-0.39, 0.29) is 17.8 Å². The van der Waals surface area contributed by atoms with Crippen molar-refractivity contribution >= 4 is 35.0 Å². The highest BCUT2D eigenvalue weighted by atomic mass is 35.5. The average molecular weight is 453 g/mol. The number of nitriles is 1. The van der Waals surface area contributed by atoms with Crippen LogP contribution in [0.25, 0.3) is 11.3 Å². The first-order valence-corrected chi connectivity index (χ1v) is 11.4. The zero-order valence-corrected chi connectivity index (χ0v) is 18.3. The Labute approximate surface area is 190 Å². The fourth-order valence-corrected chi connectivity index (χ4v) is 4.50. The number of rotatable bonds is 7. The van der Waals surface area contributed by atoms with Crippen LogP contribution in [0, 0.1) is 11.3 Å². The van der Waals surface area contributed by atoms with Gasteiger partial charge in [-0.1, -0.05) is 53.7 Å². The van der Waals surface area contributed by atoms with E-state index in [4.69, 9.17) is 21.6 Å². The van der Waals surface area contributed by atoms with Crippen molar-refractivity contribution in [2.75, 3.05) is 17.7 Å². The Hall–Kier alpha value is -2.79. The van der Waals surface area contributed by atoms with Crippen molar-refractivity contribution in [3.05, 3.63) is 65.3 Å². The maximum absolute atomic E-state index is 12.5. The van der Waals surface area contributed by atoms with Gasteiger partial charge in [-0.15, -0.1) is 0 Å². The number of amides is 1. The maximum atomic E-state index is 12.5. The number of imidazole rings is 1. The molecule has 1 fully saturated rings. The number of benzene rings is 2. The molecule has 1 aromatic heterocycles. The predicted octanol–water partition coefficient (Wildman–Crippen LogP) is 4.98. The molecule has 1 unspecified atom stereocenters. The zero-order valence-electron chi connectivity index (χ0n) is 16.8. The van der Waals surface area contributed by atoms with Gasteiger partial charge in [-0.3, -0.25) is 4.79 Å². The Bertz CT molecular complexity index is 1100. The van der Waals surface area contributed by atoms with Gasteiger partial charge in [0.05, 0.1) is 40.9 Å². The molecule has 1 N–H and O–H groups in total. The highest BCUT2D eigenvalue weighted by Crippen LogP contribution is 2.28. The SMILES string of the molecule is N#Cc1ccc(NC(=O)CSc2ncc(-c3ccccc3)n2CC2CCCO2)cc1Cl. The van der Waals surface area contributed by atoms with Crippen LogP contribution in [-0.4, -0.2) is 33.9 Å². The Morgan fingerprint density at radius 1 is 1.32 bits per heavy atom. The molecule has 8 heteroatoms. The van der Waals surface area contributed by atoms with Crippen LogP contribution < -0.4 is 5.32 Å². The smallest absolute Gasteiger partial charge is 0.234 e. The Morgan fingerprint density at radius 2 is 2.16 bits per heavy atom. The molecular weight excluding hydrogens is 432 g/mol. The van der Waals surface area contributed by atoms with E-state index in [0.29, 0.717) is 22.8 Å². The summed E-state index contributed by atoms with van der Waals surface area (Å²) in [5, 5.41) is 12.9. The van der Waals surface area contributed by atoms with Gasteiger partial charge in [-0.05, 0) is 36.6 Å². The van der Waals surface area contributed by atoms with Crippen LogP contribution in [0.3, 0.4) is 0 Å². The van der Waals surface area contributed by atoms with Crippen LogP contribution in [0.15, 0.2) is 59.9 Å². The molecule has 0 spiro atoms. The fourth-order valence-electron chi connectivity index (χ4n) is 3.49. The van der Waals surface area contributed by atoms with Crippen LogP contribution in [0.2, 0.25) is 5.02 Å². The monoisotopic (exact) mass is 452 g/mol. The molecule has 0 saturated carbocycles. The molecule has 1 atom stereocenters. The number of thioether (sulfide) groups is 1. The first-order chi connectivity index (χ1) is 15.1. The zero-order chi connectivity index (χ0) is 21.6. The van der Waals surface area contributed by atoms with Crippen LogP contribution in [0.1, 0.15) is 18.4 Å². The number of anilines is 1. The number of halogens is 1. The first kappa shape index (κ1) is 21.4. The van der Waals surface area contributed by atoms with E-state index < -0.39 is 0 Å². The summed E-state index contributed by atoms with van der Waals surface area (Å²) in [5.74, 6) is 0.0349. The van der Waals surface area contributed by atoms with Gasteiger partial charge < -0.3 is 14.6 Å². The quantitative estimate of drug-likeness (QED) is 0.511. The van der Waals surface area contributed by atoms with Crippen molar-refractivity contribution in [3.8, 4) is 17.3 Å². The van der Waals surface area contributed by atoms with Crippen molar-refractivity contribution in [3.63, 3.8) is 0 Å². The van der Waals surface area contributed by atoms with Crippen molar-refractivity contribution in [1.82, 2.24) is 9.55 Å². The molecule has 2 aromatic carbocycles. The number of hydrogen-bond acceptors (Lipinski definition) is 5. The molecule has 1 aliphatic heterocycles. The van der Waals surface area contributed by atoms with Gasteiger partial charge >= 0.3 is 0 Å². The molecule has 4 rings (SSSR count). The van der Waals surface area contributed by atoms with Crippen molar-refractivity contribution in [2.45, 2.75) is 30.6 Å². The van der Waals surface area contributed by atoms with E-state index in [1.54, 1.807) is 18.2 Å². The van der Waals surface area contributed by atoms with Crippen LogP contribution in [-0.2, 0) is 16.1 Å². The third kappa shape index (κ3) is 5.28. The van der Waals surface area contributed by atoms with E-state index >= 15 is 0 Å². The third-order valence-corrected chi connectivity index (χ3v) is 6.31. The van der Waals surface area contributed by atoms with Crippen molar-refractivity contribution in [1.29, 1.82) is 5.26 Å². The average Bonchev–Trinajstić information content (AvgIpc) is 3.43. The molecule has 158 valence electrons. The molecule has 3 aromatic rings. The summed E-state index contributed by atoms with van der Waals surface area (Å²) in [6, 6.07) is 16.9. The number of ether oxygens (including phenoxy) is 1. The van der Waals surface area contributed by atoms with Gasteiger partial charge in [0, 0.05) is 12.3 Å². The van der Waals surface area contributed by atoms with Gasteiger partial charge in [0.1, 0.15) is 6.07 Å². The van der Waals surface area contributed by atoms with Gasteiger partial charge in [0.25, 0.3) is 0 Å². The van der Waals surface area contributed by atoms with Gasteiger partial charge in [0.2, 0.25) is 5.91 Å². The highest BCUT2D eigenvalue weighted by Gasteiger charge is 2.21. The Kier molecular flexibility index (Phi) is 6.92. The van der Waals surface area contributed by atoms with Gasteiger partial charge in [0.15, 0.2) is 5.16 Å². The number of nitrogens with one attached hydrogen (secondary N) is 1. The van der Waals surface area contributed by atoms with Crippen LogP contribution in [0.4, 0.5) is 5.69 Å². The highest BCUT2D eigenvalue weighted by molar-refractivity contribution is 7.99. The van der Waals surface area contributed by atoms with Gasteiger partial charge in [-0.25, -0.2) is 4.98 Å². The molecule has 0 aliphatic carbocycles. The minimum atomic E-state index is -0.168. The second-order valence-corrected chi connectivity index (χ2v) is 8.53. The summed E-state index contributed by atoms with van der Waals surface area (Å²) in [7, 11) is 0. The Balaban J connectivity index is 1.47. The minimum Gasteiger partial charge on any atom is -0.376 e. The normalized spacial score (nSPS) is 15.5. The first-order valence-electron chi connectivity index (χ1n) is 9.99. The number of aromatic nitrogens is 2. The van der Waals surface area contributed by atoms with E-state index in [1.165, 1.54) is 11.8 Å². The second-order valence-electron chi connectivity index (χ2n) is 7.18. The van der Waals surface area contributed by atoms with E-state index in [9.17, 15) is 4.79 Å². The van der Waals surface area contributed by atoms with Crippen LogP contribution >= 0.6 is 23.4 Å². The third-order valence-electron chi connectivity index (χ3n) is 5.00. The Morgan fingerprint density at radius 3 is 2.87 bits per heavy atom. The van der Waals surface area contributed by atoms with Gasteiger partial charge in [-0.2, -0.15) is 5.26 Å². The van der Waals surface area contributed by atoms with E-state index in [2.05, 4.69) is 27.0 Å². The molecule has 0 bridgehead atoms. The standard InChI is InChI=1S/C23H21ClN4O2S/c24-20-11-18(9-8-17(20)12-25)27-22(29)15-31-23-26-13-21(16-5-2-1-3-6-16)28(23)14-19-7-4-10-30-19/h1-3,5-6,8-9,11,13,19H,4,7,10,14-15H2,(H,27,29). The topological polar surface area (TPSA) is 79.9 Å². The summed E-state index contributed by atoms with van der Waals surface area (Å²) in [4.78, 5) is 17.1. The lowest BCUT2D eigenvalue weighted by Crippen LogP contribution is -2.18.